The third-order valence-electron chi connectivity index (χ3n) is 3.79. The predicted octanol–water partition coefficient (Wildman–Crippen LogP) is 3.03. The predicted molar refractivity (Wildman–Crippen MR) is 73.0 cm³/mol. The van der Waals surface area contributed by atoms with Crippen LogP contribution in [-0.4, -0.2) is 23.8 Å². The highest BCUT2D eigenvalue weighted by Gasteiger charge is 2.30. The summed E-state index contributed by atoms with van der Waals surface area (Å²) in [6.07, 6.45) is 4.63. The van der Waals surface area contributed by atoms with Gasteiger partial charge in [-0.25, -0.2) is 4.79 Å². The van der Waals surface area contributed by atoms with Crippen LogP contribution < -0.4 is 5.32 Å². The molecular weight excluding hydrogens is 242 g/mol. The van der Waals surface area contributed by atoms with E-state index in [9.17, 15) is 4.79 Å². The highest BCUT2D eigenvalue weighted by atomic mass is 16.7. The fraction of sp³-hybridized carbons (Fsp3) is 0.533. The Morgan fingerprint density at radius 1 is 1.26 bits per heavy atom. The summed E-state index contributed by atoms with van der Waals surface area (Å²) in [7, 11) is 0. The molecule has 0 unspecified atom stereocenters. The van der Waals surface area contributed by atoms with E-state index in [1.165, 1.54) is 32.2 Å². The van der Waals surface area contributed by atoms with Gasteiger partial charge in [0.2, 0.25) is 0 Å². The van der Waals surface area contributed by atoms with E-state index < -0.39 is 6.16 Å². The van der Waals surface area contributed by atoms with Crippen LogP contribution in [0.25, 0.3) is 0 Å². The van der Waals surface area contributed by atoms with Gasteiger partial charge in [-0.3, -0.25) is 0 Å². The molecule has 0 radical (unpaired) electrons. The molecule has 4 nitrogen and oxygen atoms in total. The molecule has 2 atom stereocenters. The number of hydrogen-bond acceptors (Lipinski definition) is 3. The van der Waals surface area contributed by atoms with Crippen molar-refractivity contribution < 1.29 is 14.6 Å². The normalized spacial score (nSPS) is 24.2. The summed E-state index contributed by atoms with van der Waals surface area (Å²) in [5.41, 5.74) is 0.856. The minimum atomic E-state index is -1.24. The molecule has 1 saturated carbocycles. The molecule has 0 spiro atoms. The molecule has 2 fully saturated rings. The number of fused-ring (bicyclic) bond motifs is 1. The molecule has 1 aliphatic carbocycles. The van der Waals surface area contributed by atoms with Gasteiger partial charge in [0.05, 0.1) is 0 Å². The maximum absolute atomic E-state index is 9.95. The fourth-order valence-electron chi connectivity index (χ4n) is 2.82. The molecule has 0 aromatic heterocycles. The number of ether oxygens (including phenoxy) is 1. The zero-order valence-electron chi connectivity index (χ0n) is 11.0. The smallest absolute Gasteiger partial charge is 0.450 e. The maximum Gasteiger partial charge on any atom is 0.506 e. The van der Waals surface area contributed by atoms with Crippen LogP contribution in [0.15, 0.2) is 30.3 Å². The Morgan fingerprint density at radius 2 is 2.05 bits per heavy atom. The molecule has 2 N–H and O–H groups in total. The minimum Gasteiger partial charge on any atom is -0.450 e. The average Bonchev–Trinajstić information content (AvgIpc) is 3.01. The van der Waals surface area contributed by atoms with Gasteiger partial charge < -0.3 is 15.2 Å². The first-order valence-electron chi connectivity index (χ1n) is 6.89. The largest absolute Gasteiger partial charge is 0.506 e. The van der Waals surface area contributed by atoms with E-state index in [4.69, 9.17) is 5.11 Å². The molecule has 0 amide bonds. The SMILES string of the molecule is C1C[C@@H]2CCN[C@@H]2C1.O=C(O)OCc1ccccc1. The number of nitrogens with one attached hydrogen (secondary N) is 1. The Morgan fingerprint density at radius 3 is 2.74 bits per heavy atom. The Balaban J connectivity index is 0.000000146. The minimum absolute atomic E-state index is 0.121. The van der Waals surface area contributed by atoms with Gasteiger partial charge in [0, 0.05) is 6.04 Å². The Bertz CT molecular complexity index is 374. The highest BCUT2D eigenvalue weighted by molar-refractivity contribution is 5.56. The van der Waals surface area contributed by atoms with Crippen molar-refractivity contribution in [2.75, 3.05) is 6.54 Å². The van der Waals surface area contributed by atoms with Crippen LogP contribution in [0.4, 0.5) is 4.79 Å². The molecule has 0 bridgehead atoms. The van der Waals surface area contributed by atoms with Gasteiger partial charge in [-0.05, 0) is 37.3 Å². The number of carbonyl (C=O) groups is 1. The average molecular weight is 263 g/mol. The van der Waals surface area contributed by atoms with Crippen molar-refractivity contribution in [3.8, 4) is 0 Å². The van der Waals surface area contributed by atoms with Gasteiger partial charge in [0.15, 0.2) is 0 Å². The second-order valence-electron chi connectivity index (χ2n) is 5.08. The van der Waals surface area contributed by atoms with Crippen LogP contribution in [-0.2, 0) is 11.3 Å². The molecule has 1 heterocycles. The van der Waals surface area contributed by atoms with Crippen molar-refractivity contribution in [2.45, 2.75) is 38.3 Å². The zero-order valence-corrected chi connectivity index (χ0v) is 11.0. The van der Waals surface area contributed by atoms with Crippen molar-refractivity contribution in [1.29, 1.82) is 0 Å². The first kappa shape index (κ1) is 13.9. The number of benzene rings is 1. The van der Waals surface area contributed by atoms with Crippen molar-refractivity contribution in [3.63, 3.8) is 0 Å². The second kappa shape index (κ2) is 7.14. The van der Waals surface area contributed by atoms with E-state index in [2.05, 4.69) is 10.1 Å². The molecule has 1 aliphatic heterocycles. The van der Waals surface area contributed by atoms with Crippen molar-refractivity contribution in [1.82, 2.24) is 5.32 Å². The summed E-state index contributed by atoms with van der Waals surface area (Å²) < 4.78 is 4.34. The molecule has 2 aliphatic rings. The molecule has 1 saturated heterocycles. The van der Waals surface area contributed by atoms with Gasteiger partial charge in [-0.15, -0.1) is 0 Å². The first-order chi connectivity index (χ1) is 9.25. The lowest BCUT2D eigenvalue weighted by Gasteiger charge is -2.05. The van der Waals surface area contributed by atoms with Crippen molar-refractivity contribution in [2.24, 2.45) is 5.92 Å². The number of rotatable bonds is 2. The summed E-state index contributed by atoms with van der Waals surface area (Å²) in [6, 6.07) is 10.1. The van der Waals surface area contributed by atoms with Crippen LogP contribution in [0.5, 0.6) is 0 Å². The molecule has 4 heteroatoms. The second-order valence-corrected chi connectivity index (χ2v) is 5.08. The third kappa shape index (κ3) is 4.56. The van der Waals surface area contributed by atoms with E-state index in [-0.39, 0.29) is 6.61 Å². The van der Waals surface area contributed by atoms with Gasteiger partial charge in [-0.2, -0.15) is 0 Å². The Kier molecular flexibility index (Phi) is 5.21. The zero-order chi connectivity index (χ0) is 13.5. The third-order valence-corrected chi connectivity index (χ3v) is 3.79. The van der Waals surface area contributed by atoms with E-state index in [1.54, 1.807) is 0 Å². The van der Waals surface area contributed by atoms with Gasteiger partial charge in [-0.1, -0.05) is 36.8 Å². The lowest BCUT2D eigenvalue weighted by atomic mass is 10.1. The van der Waals surface area contributed by atoms with E-state index in [0.717, 1.165) is 17.5 Å². The quantitative estimate of drug-likeness (QED) is 0.805. The summed E-state index contributed by atoms with van der Waals surface area (Å²) >= 11 is 0. The van der Waals surface area contributed by atoms with Crippen LogP contribution in [0.2, 0.25) is 0 Å². The van der Waals surface area contributed by atoms with Gasteiger partial charge in [0.1, 0.15) is 6.61 Å². The fourth-order valence-corrected chi connectivity index (χ4v) is 2.82. The number of carboxylic acid groups (broad SMARTS) is 1. The molecule has 1 aromatic carbocycles. The van der Waals surface area contributed by atoms with Crippen LogP contribution in [0.1, 0.15) is 31.2 Å². The maximum atomic E-state index is 9.95. The summed E-state index contributed by atoms with van der Waals surface area (Å²) in [5.74, 6) is 1.06. The molecule has 3 rings (SSSR count). The highest BCUT2D eigenvalue weighted by Crippen LogP contribution is 2.31. The van der Waals surface area contributed by atoms with Gasteiger partial charge in [0.25, 0.3) is 0 Å². The lowest BCUT2D eigenvalue weighted by molar-refractivity contribution is 0.0854. The lowest BCUT2D eigenvalue weighted by Crippen LogP contribution is -2.21. The van der Waals surface area contributed by atoms with E-state index in [0.29, 0.717) is 0 Å². The van der Waals surface area contributed by atoms with E-state index in [1.807, 2.05) is 30.3 Å². The van der Waals surface area contributed by atoms with Gasteiger partial charge >= 0.3 is 6.16 Å². The summed E-state index contributed by atoms with van der Waals surface area (Å²) in [6.45, 7) is 1.41. The molecular formula is C15H21NO3. The van der Waals surface area contributed by atoms with Crippen molar-refractivity contribution in [3.05, 3.63) is 35.9 Å². The Labute approximate surface area is 113 Å². The van der Waals surface area contributed by atoms with E-state index >= 15 is 0 Å². The molecule has 1 aromatic rings. The van der Waals surface area contributed by atoms with Crippen LogP contribution >= 0.6 is 0 Å². The summed E-state index contributed by atoms with van der Waals surface area (Å²) in [5, 5.41) is 11.7. The van der Waals surface area contributed by atoms with Crippen LogP contribution in [0.3, 0.4) is 0 Å². The van der Waals surface area contributed by atoms with Crippen LogP contribution in [0, 0.1) is 5.92 Å². The first-order valence-corrected chi connectivity index (χ1v) is 6.89. The number of hydrogen-bond donors (Lipinski definition) is 2. The standard InChI is InChI=1S/C8H8O3.C7H13N/c9-8(10)11-6-7-4-2-1-3-5-7;1-2-6-4-5-8-7(6)3-1/h1-5H,6H2,(H,9,10);6-8H,1-5H2/t;6-,7-/m.1/s1. The summed E-state index contributed by atoms with van der Waals surface area (Å²) in [4.78, 5) is 9.95. The molecule has 19 heavy (non-hydrogen) atoms. The Hall–Kier alpha value is -1.55. The topological polar surface area (TPSA) is 58.6 Å². The molecule has 104 valence electrons. The van der Waals surface area contributed by atoms with Crippen molar-refractivity contribution >= 4 is 6.16 Å². The monoisotopic (exact) mass is 263 g/mol.